The molecule has 1 fully saturated rings. The zero-order valence-corrected chi connectivity index (χ0v) is 12.6. The first kappa shape index (κ1) is 18.1. The molecule has 0 bridgehead atoms. The van der Waals surface area contributed by atoms with Crippen LogP contribution < -0.4 is 10.6 Å². The summed E-state index contributed by atoms with van der Waals surface area (Å²) in [4.78, 5) is 3.88. The summed E-state index contributed by atoms with van der Waals surface area (Å²) in [6.45, 7) is 1.15. The largest absolute Gasteiger partial charge is 0.390 e. The van der Waals surface area contributed by atoms with Gasteiger partial charge in [-0.1, -0.05) is 19.3 Å². The predicted molar refractivity (Wildman–Crippen MR) is 77.5 cm³/mol. The van der Waals surface area contributed by atoms with Gasteiger partial charge in [-0.25, -0.2) is 0 Å². The zero-order chi connectivity index (χ0) is 15.6. The van der Waals surface area contributed by atoms with E-state index in [1.807, 2.05) is 0 Å². The lowest BCUT2D eigenvalue weighted by atomic mass is 9.98. The Labute approximate surface area is 124 Å². The van der Waals surface area contributed by atoms with E-state index in [0.717, 1.165) is 19.3 Å². The van der Waals surface area contributed by atoms with E-state index in [9.17, 15) is 13.2 Å². The van der Waals surface area contributed by atoms with Crippen molar-refractivity contribution in [3.05, 3.63) is 0 Å². The van der Waals surface area contributed by atoms with Crippen LogP contribution in [-0.2, 0) is 4.74 Å². The number of nitrogens with one attached hydrogen (secondary N) is 2. The summed E-state index contributed by atoms with van der Waals surface area (Å²) in [5.41, 5.74) is 0. The highest BCUT2D eigenvalue weighted by Gasteiger charge is 2.26. The average Bonchev–Trinajstić information content (AvgIpc) is 2.45. The standard InChI is InChI=1S/C14H26F3N3O/c1-18-13(20-10-8-14(15,16)17)19-9-5-11-21-12-6-3-2-4-7-12/h12H,2-11H2,1H3,(H2,18,19,20). The molecule has 1 saturated carbocycles. The van der Waals surface area contributed by atoms with E-state index in [4.69, 9.17) is 4.74 Å². The minimum atomic E-state index is -4.14. The summed E-state index contributed by atoms with van der Waals surface area (Å²) in [5, 5.41) is 5.63. The summed E-state index contributed by atoms with van der Waals surface area (Å²) in [6, 6.07) is 0. The van der Waals surface area contributed by atoms with Crippen molar-refractivity contribution in [3.8, 4) is 0 Å². The Morgan fingerprint density at radius 1 is 1.14 bits per heavy atom. The quantitative estimate of drug-likeness (QED) is 0.432. The first-order valence-corrected chi connectivity index (χ1v) is 7.64. The highest BCUT2D eigenvalue weighted by atomic mass is 19.4. The van der Waals surface area contributed by atoms with Crippen LogP contribution in [0.1, 0.15) is 44.9 Å². The van der Waals surface area contributed by atoms with Crippen molar-refractivity contribution in [2.24, 2.45) is 4.99 Å². The Morgan fingerprint density at radius 2 is 1.81 bits per heavy atom. The van der Waals surface area contributed by atoms with Crippen LogP contribution in [0.5, 0.6) is 0 Å². The monoisotopic (exact) mass is 309 g/mol. The number of nitrogens with zero attached hydrogens (tertiary/aromatic N) is 1. The Bertz CT molecular complexity index is 302. The first-order chi connectivity index (χ1) is 10.0. The minimum absolute atomic E-state index is 0.165. The lowest BCUT2D eigenvalue weighted by Gasteiger charge is -2.22. The minimum Gasteiger partial charge on any atom is -0.378 e. The second-order valence-corrected chi connectivity index (χ2v) is 5.28. The molecule has 0 heterocycles. The molecule has 7 heteroatoms. The van der Waals surface area contributed by atoms with Crippen LogP contribution >= 0.6 is 0 Å². The molecule has 1 rings (SSSR count). The number of hydrogen-bond donors (Lipinski definition) is 2. The van der Waals surface area contributed by atoms with Crippen molar-refractivity contribution in [3.63, 3.8) is 0 Å². The van der Waals surface area contributed by atoms with Gasteiger partial charge in [0.2, 0.25) is 0 Å². The van der Waals surface area contributed by atoms with Crippen LogP contribution in [0.2, 0.25) is 0 Å². The highest BCUT2D eigenvalue weighted by Crippen LogP contribution is 2.20. The maximum absolute atomic E-state index is 12.0. The van der Waals surface area contributed by atoms with Crippen LogP contribution in [-0.4, -0.2) is 45.0 Å². The predicted octanol–water partition coefficient (Wildman–Crippen LogP) is 2.84. The maximum Gasteiger partial charge on any atom is 0.390 e. The van der Waals surface area contributed by atoms with E-state index >= 15 is 0 Å². The van der Waals surface area contributed by atoms with Crippen molar-refractivity contribution >= 4 is 5.96 Å². The topological polar surface area (TPSA) is 45.7 Å². The van der Waals surface area contributed by atoms with Crippen LogP contribution in [0.25, 0.3) is 0 Å². The Kier molecular flexibility index (Phi) is 8.49. The smallest absolute Gasteiger partial charge is 0.378 e. The van der Waals surface area contributed by atoms with Gasteiger partial charge in [-0.05, 0) is 19.3 Å². The number of ether oxygens (including phenoxy) is 1. The van der Waals surface area contributed by atoms with Crippen LogP contribution in [0.4, 0.5) is 13.2 Å². The highest BCUT2D eigenvalue weighted by molar-refractivity contribution is 5.79. The molecule has 1 aliphatic carbocycles. The molecule has 0 spiro atoms. The number of aliphatic imine (C=N–C) groups is 1. The van der Waals surface area contributed by atoms with Crippen LogP contribution in [0.3, 0.4) is 0 Å². The Morgan fingerprint density at radius 3 is 2.43 bits per heavy atom. The summed E-state index contributed by atoms with van der Waals surface area (Å²) >= 11 is 0. The molecular weight excluding hydrogens is 283 g/mol. The number of hydrogen-bond acceptors (Lipinski definition) is 2. The van der Waals surface area contributed by atoms with E-state index in [1.165, 1.54) is 19.3 Å². The molecule has 1 aliphatic rings. The number of halogens is 3. The third-order valence-corrected chi connectivity index (χ3v) is 3.44. The van der Waals surface area contributed by atoms with Gasteiger partial charge >= 0.3 is 6.18 Å². The van der Waals surface area contributed by atoms with Crippen LogP contribution in [0.15, 0.2) is 4.99 Å². The number of alkyl halides is 3. The number of guanidine groups is 1. The van der Waals surface area contributed by atoms with Gasteiger partial charge in [-0.3, -0.25) is 4.99 Å². The van der Waals surface area contributed by atoms with Crippen molar-refractivity contribution in [1.29, 1.82) is 0 Å². The molecule has 0 amide bonds. The first-order valence-electron chi connectivity index (χ1n) is 7.64. The summed E-state index contributed by atoms with van der Waals surface area (Å²) in [6.07, 6.45) is 2.30. The fourth-order valence-corrected chi connectivity index (χ4v) is 2.30. The van der Waals surface area contributed by atoms with Gasteiger partial charge in [0.1, 0.15) is 0 Å². The van der Waals surface area contributed by atoms with E-state index in [-0.39, 0.29) is 6.54 Å². The molecule has 0 unspecified atom stereocenters. The Hall–Kier alpha value is -0.980. The van der Waals surface area contributed by atoms with Crippen molar-refractivity contribution in [2.75, 3.05) is 26.7 Å². The molecule has 0 aromatic heterocycles. The van der Waals surface area contributed by atoms with E-state index in [1.54, 1.807) is 7.05 Å². The molecule has 0 aromatic carbocycles. The fourth-order valence-electron chi connectivity index (χ4n) is 2.30. The molecule has 0 aliphatic heterocycles. The molecule has 0 atom stereocenters. The van der Waals surface area contributed by atoms with Gasteiger partial charge in [0.15, 0.2) is 5.96 Å². The normalized spacial score (nSPS) is 17.8. The van der Waals surface area contributed by atoms with Gasteiger partial charge in [0, 0.05) is 26.7 Å². The molecule has 0 aromatic rings. The molecular formula is C14H26F3N3O. The summed E-state index contributed by atoms with van der Waals surface area (Å²) < 4.78 is 41.8. The van der Waals surface area contributed by atoms with E-state index < -0.39 is 12.6 Å². The van der Waals surface area contributed by atoms with E-state index in [2.05, 4.69) is 15.6 Å². The van der Waals surface area contributed by atoms with Gasteiger partial charge in [-0.15, -0.1) is 0 Å². The molecule has 21 heavy (non-hydrogen) atoms. The second kappa shape index (κ2) is 9.87. The SMILES string of the molecule is CN=C(NCCCOC1CCCCC1)NCCC(F)(F)F. The fraction of sp³-hybridized carbons (Fsp3) is 0.929. The number of rotatable bonds is 7. The Balaban J connectivity index is 2.01. The van der Waals surface area contributed by atoms with Gasteiger partial charge in [-0.2, -0.15) is 13.2 Å². The molecule has 124 valence electrons. The molecule has 4 nitrogen and oxygen atoms in total. The van der Waals surface area contributed by atoms with Gasteiger partial charge in [0.05, 0.1) is 12.5 Å². The third kappa shape index (κ3) is 9.55. The lowest BCUT2D eigenvalue weighted by molar-refractivity contribution is -0.132. The lowest BCUT2D eigenvalue weighted by Crippen LogP contribution is -2.39. The molecule has 0 saturated heterocycles. The van der Waals surface area contributed by atoms with Gasteiger partial charge < -0.3 is 15.4 Å². The van der Waals surface area contributed by atoms with Crippen molar-refractivity contribution in [2.45, 2.75) is 57.2 Å². The van der Waals surface area contributed by atoms with Crippen LogP contribution in [0, 0.1) is 0 Å². The summed E-state index contributed by atoms with van der Waals surface area (Å²) in [5.74, 6) is 0.400. The maximum atomic E-state index is 12.0. The summed E-state index contributed by atoms with van der Waals surface area (Å²) in [7, 11) is 1.54. The second-order valence-electron chi connectivity index (χ2n) is 5.28. The average molecular weight is 309 g/mol. The van der Waals surface area contributed by atoms with E-state index in [0.29, 0.717) is 25.2 Å². The zero-order valence-electron chi connectivity index (χ0n) is 12.6. The van der Waals surface area contributed by atoms with Crippen molar-refractivity contribution in [1.82, 2.24) is 10.6 Å². The van der Waals surface area contributed by atoms with Gasteiger partial charge in [0.25, 0.3) is 0 Å². The molecule has 0 radical (unpaired) electrons. The van der Waals surface area contributed by atoms with Crippen molar-refractivity contribution < 1.29 is 17.9 Å². The third-order valence-electron chi connectivity index (χ3n) is 3.44. The molecule has 2 N–H and O–H groups in total.